The maximum absolute atomic E-state index is 13.1. The van der Waals surface area contributed by atoms with E-state index in [1.165, 1.54) is 18.2 Å². The molecule has 3 aromatic rings. The first-order valence-corrected chi connectivity index (χ1v) is 5.87. The van der Waals surface area contributed by atoms with Crippen molar-refractivity contribution in [3.63, 3.8) is 0 Å². The van der Waals surface area contributed by atoms with Gasteiger partial charge in [-0.3, -0.25) is 0 Å². The molecule has 0 spiro atoms. The maximum Gasteiger partial charge on any atom is 0.205 e. The van der Waals surface area contributed by atoms with Gasteiger partial charge in [-0.2, -0.15) is 5.26 Å². The average molecular weight is 267 g/mol. The first-order valence-electron chi connectivity index (χ1n) is 5.87. The van der Waals surface area contributed by atoms with E-state index in [1.54, 1.807) is 18.2 Å². The number of anilines is 3. The Balaban J connectivity index is 1.99. The van der Waals surface area contributed by atoms with Crippen molar-refractivity contribution in [2.45, 2.75) is 0 Å². The lowest BCUT2D eigenvalue weighted by Gasteiger charge is -2.04. The molecular weight excluding hydrogens is 257 g/mol. The number of halogens is 1. The number of nitriles is 1. The summed E-state index contributed by atoms with van der Waals surface area (Å²) in [4.78, 5) is 7.37. The monoisotopic (exact) mass is 267 g/mol. The molecule has 6 heteroatoms. The zero-order valence-electron chi connectivity index (χ0n) is 10.3. The molecule has 0 unspecified atom stereocenters. The lowest BCUT2D eigenvalue weighted by Crippen LogP contribution is -1.95. The SMILES string of the molecule is N#Cc1cc(F)ccc1Nc1nc2ccc(N)cc2[nH]1. The summed E-state index contributed by atoms with van der Waals surface area (Å²) in [5.41, 5.74) is 8.56. The van der Waals surface area contributed by atoms with Crippen molar-refractivity contribution in [2.24, 2.45) is 0 Å². The number of rotatable bonds is 2. The van der Waals surface area contributed by atoms with Crippen LogP contribution in [0.3, 0.4) is 0 Å². The van der Waals surface area contributed by atoms with E-state index >= 15 is 0 Å². The van der Waals surface area contributed by atoms with Gasteiger partial charge in [0.2, 0.25) is 5.95 Å². The van der Waals surface area contributed by atoms with Gasteiger partial charge >= 0.3 is 0 Å². The van der Waals surface area contributed by atoms with Crippen LogP contribution < -0.4 is 11.1 Å². The van der Waals surface area contributed by atoms with Crippen molar-refractivity contribution in [1.82, 2.24) is 9.97 Å². The van der Waals surface area contributed by atoms with Gasteiger partial charge in [-0.05, 0) is 36.4 Å². The first-order chi connectivity index (χ1) is 9.65. The molecule has 5 nitrogen and oxygen atoms in total. The number of nitrogens with one attached hydrogen (secondary N) is 2. The fourth-order valence-electron chi connectivity index (χ4n) is 1.93. The number of fused-ring (bicyclic) bond motifs is 1. The topological polar surface area (TPSA) is 90.5 Å². The van der Waals surface area contributed by atoms with Crippen LogP contribution in [0.25, 0.3) is 11.0 Å². The van der Waals surface area contributed by atoms with E-state index < -0.39 is 5.82 Å². The molecule has 0 aliphatic rings. The molecule has 3 rings (SSSR count). The lowest BCUT2D eigenvalue weighted by atomic mass is 10.2. The molecule has 1 aromatic heterocycles. The molecule has 1 heterocycles. The van der Waals surface area contributed by atoms with Crippen LogP contribution in [0.2, 0.25) is 0 Å². The average Bonchev–Trinajstić information content (AvgIpc) is 2.82. The van der Waals surface area contributed by atoms with E-state index in [2.05, 4.69) is 15.3 Å². The van der Waals surface area contributed by atoms with Gasteiger partial charge in [0, 0.05) is 5.69 Å². The molecule has 0 aliphatic heterocycles. The highest BCUT2D eigenvalue weighted by molar-refractivity contribution is 5.81. The molecule has 0 bridgehead atoms. The Bertz CT molecular complexity index is 831. The summed E-state index contributed by atoms with van der Waals surface area (Å²) in [6, 6.07) is 11.2. The molecule has 0 radical (unpaired) electrons. The van der Waals surface area contributed by atoms with Crippen LogP contribution in [0, 0.1) is 17.1 Å². The summed E-state index contributed by atoms with van der Waals surface area (Å²) in [5.74, 6) is 0.0122. The minimum Gasteiger partial charge on any atom is -0.399 e. The Morgan fingerprint density at radius 2 is 2.10 bits per heavy atom. The van der Waals surface area contributed by atoms with Gasteiger partial charge in [0.25, 0.3) is 0 Å². The van der Waals surface area contributed by atoms with E-state index in [0.29, 0.717) is 17.3 Å². The number of hydrogen-bond donors (Lipinski definition) is 3. The molecule has 0 saturated carbocycles. The smallest absolute Gasteiger partial charge is 0.205 e. The second kappa shape index (κ2) is 4.55. The summed E-state index contributed by atoms with van der Waals surface area (Å²) in [7, 11) is 0. The Labute approximate surface area is 113 Å². The van der Waals surface area contributed by atoms with Gasteiger partial charge in [0.1, 0.15) is 11.9 Å². The fraction of sp³-hybridized carbons (Fsp3) is 0. The van der Waals surface area contributed by atoms with Gasteiger partial charge < -0.3 is 16.0 Å². The highest BCUT2D eigenvalue weighted by Gasteiger charge is 2.07. The lowest BCUT2D eigenvalue weighted by molar-refractivity contribution is 0.627. The number of nitrogens with zero attached hydrogens (tertiary/aromatic N) is 2. The van der Waals surface area contributed by atoms with Crippen molar-refractivity contribution in [2.75, 3.05) is 11.1 Å². The van der Waals surface area contributed by atoms with Gasteiger partial charge in [0.05, 0.1) is 22.3 Å². The van der Waals surface area contributed by atoms with Crippen LogP contribution in [0.15, 0.2) is 36.4 Å². The van der Waals surface area contributed by atoms with Gasteiger partial charge in [-0.25, -0.2) is 9.37 Å². The normalized spacial score (nSPS) is 10.4. The second-order valence-corrected chi connectivity index (χ2v) is 4.29. The Hall–Kier alpha value is -3.07. The van der Waals surface area contributed by atoms with E-state index in [4.69, 9.17) is 11.0 Å². The summed E-state index contributed by atoms with van der Waals surface area (Å²) >= 11 is 0. The predicted octanol–water partition coefficient (Wildman–Crippen LogP) is 2.90. The maximum atomic E-state index is 13.1. The molecular formula is C14H10FN5. The Morgan fingerprint density at radius 1 is 1.25 bits per heavy atom. The summed E-state index contributed by atoms with van der Waals surface area (Å²) < 4.78 is 13.1. The molecule has 20 heavy (non-hydrogen) atoms. The molecule has 98 valence electrons. The summed E-state index contributed by atoms with van der Waals surface area (Å²) in [6.07, 6.45) is 0. The third kappa shape index (κ3) is 2.12. The molecule has 0 saturated heterocycles. The minimum absolute atomic E-state index is 0.213. The van der Waals surface area contributed by atoms with Crippen LogP contribution in [0.4, 0.5) is 21.7 Å². The number of hydrogen-bond acceptors (Lipinski definition) is 4. The second-order valence-electron chi connectivity index (χ2n) is 4.29. The number of H-pyrrole nitrogens is 1. The number of imidazole rings is 1. The molecule has 0 aliphatic carbocycles. The van der Waals surface area contributed by atoms with Crippen molar-refractivity contribution in [3.8, 4) is 6.07 Å². The van der Waals surface area contributed by atoms with E-state index in [-0.39, 0.29) is 5.56 Å². The third-order valence-corrected chi connectivity index (χ3v) is 2.86. The van der Waals surface area contributed by atoms with Gasteiger partial charge in [-0.1, -0.05) is 0 Å². The van der Waals surface area contributed by atoms with Crippen LogP contribution in [0.1, 0.15) is 5.56 Å². The number of nitrogen functional groups attached to an aromatic ring is 1. The third-order valence-electron chi connectivity index (χ3n) is 2.86. The number of aromatic nitrogens is 2. The largest absolute Gasteiger partial charge is 0.399 e. The highest BCUT2D eigenvalue weighted by Crippen LogP contribution is 2.22. The number of nitrogens with two attached hydrogens (primary N) is 1. The van der Waals surface area contributed by atoms with Crippen LogP contribution in [0.5, 0.6) is 0 Å². The van der Waals surface area contributed by atoms with Crippen molar-refractivity contribution < 1.29 is 4.39 Å². The van der Waals surface area contributed by atoms with E-state index in [0.717, 1.165) is 11.0 Å². The summed E-state index contributed by atoms with van der Waals surface area (Å²) in [6.45, 7) is 0. The van der Waals surface area contributed by atoms with Crippen LogP contribution in [-0.2, 0) is 0 Å². The Kier molecular flexibility index (Phi) is 2.73. The standard InChI is InChI=1S/C14H10FN5/c15-9-1-3-11(8(5-9)7-16)18-14-19-12-4-2-10(17)6-13(12)20-14/h1-6H,17H2,(H2,18,19,20). The molecule has 0 atom stereocenters. The van der Waals surface area contributed by atoms with Crippen LogP contribution in [-0.4, -0.2) is 9.97 Å². The highest BCUT2D eigenvalue weighted by atomic mass is 19.1. The molecule has 0 fully saturated rings. The summed E-state index contributed by atoms with van der Waals surface area (Å²) in [5, 5.41) is 12.0. The minimum atomic E-state index is -0.454. The van der Waals surface area contributed by atoms with Crippen LogP contribution >= 0.6 is 0 Å². The first kappa shape index (κ1) is 12.0. The van der Waals surface area contributed by atoms with E-state index in [1.807, 2.05) is 6.07 Å². The molecule has 0 amide bonds. The number of benzene rings is 2. The van der Waals surface area contributed by atoms with E-state index in [9.17, 15) is 4.39 Å². The zero-order chi connectivity index (χ0) is 14.1. The molecule has 2 aromatic carbocycles. The van der Waals surface area contributed by atoms with Crippen molar-refractivity contribution in [1.29, 1.82) is 5.26 Å². The Morgan fingerprint density at radius 3 is 2.90 bits per heavy atom. The van der Waals surface area contributed by atoms with Crippen molar-refractivity contribution in [3.05, 3.63) is 47.8 Å². The quantitative estimate of drug-likeness (QED) is 0.623. The molecule has 4 N–H and O–H groups in total. The van der Waals surface area contributed by atoms with Crippen molar-refractivity contribution >= 4 is 28.4 Å². The number of aromatic amines is 1. The van der Waals surface area contributed by atoms with Gasteiger partial charge in [0.15, 0.2) is 0 Å². The van der Waals surface area contributed by atoms with Gasteiger partial charge in [-0.15, -0.1) is 0 Å². The zero-order valence-corrected chi connectivity index (χ0v) is 10.3. The predicted molar refractivity (Wildman–Crippen MR) is 74.9 cm³/mol. The fourth-order valence-corrected chi connectivity index (χ4v) is 1.93.